The standard InChI is InChI=1S/C16H23FN2O3S/c1-13(23(21,22)15-6-4-14(17)5-7-15)12-16(20)19-9-3-8-18(2)10-11-19/h4-7,13H,3,8-12H2,1-2H3. The van der Waals surface area contributed by atoms with Crippen LogP contribution in [0.3, 0.4) is 0 Å². The van der Waals surface area contributed by atoms with E-state index in [0.29, 0.717) is 13.1 Å². The van der Waals surface area contributed by atoms with E-state index in [0.717, 1.165) is 31.6 Å². The lowest BCUT2D eigenvalue weighted by Gasteiger charge is -2.22. The molecule has 0 saturated carbocycles. The molecular formula is C16H23FN2O3S. The van der Waals surface area contributed by atoms with E-state index in [9.17, 15) is 17.6 Å². The van der Waals surface area contributed by atoms with E-state index in [1.165, 1.54) is 19.1 Å². The van der Waals surface area contributed by atoms with Gasteiger partial charge in [0.25, 0.3) is 0 Å². The van der Waals surface area contributed by atoms with Gasteiger partial charge in [-0.25, -0.2) is 12.8 Å². The first kappa shape index (κ1) is 17.9. The zero-order valence-electron chi connectivity index (χ0n) is 13.5. The molecule has 0 aliphatic carbocycles. The molecule has 1 fully saturated rings. The Balaban J connectivity index is 2.03. The Kier molecular flexibility index (Phi) is 5.75. The molecule has 1 aliphatic heterocycles. The summed E-state index contributed by atoms with van der Waals surface area (Å²) in [5.41, 5.74) is 0. The predicted octanol–water partition coefficient (Wildman–Crippen LogP) is 1.54. The molecule has 7 heteroatoms. The maximum absolute atomic E-state index is 12.9. The van der Waals surface area contributed by atoms with E-state index in [-0.39, 0.29) is 17.2 Å². The number of sulfone groups is 1. The van der Waals surface area contributed by atoms with E-state index in [1.807, 2.05) is 7.05 Å². The first-order valence-corrected chi connectivity index (χ1v) is 9.31. The average Bonchev–Trinajstić information content (AvgIpc) is 2.72. The van der Waals surface area contributed by atoms with E-state index in [4.69, 9.17) is 0 Å². The zero-order valence-corrected chi connectivity index (χ0v) is 14.4. The van der Waals surface area contributed by atoms with Gasteiger partial charge in [0.1, 0.15) is 5.82 Å². The third kappa shape index (κ3) is 4.51. The van der Waals surface area contributed by atoms with E-state index in [2.05, 4.69) is 4.90 Å². The van der Waals surface area contributed by atoms with E-state index >= 15 is 0 Å². The van der Waals surface area contributed by atoms with Gasteiger partial charge in [-0.1, -0.05) is 0 Å². The molecule has 1 aliphatic rings. The Morgan fingerprint density at radius 2 is 1.83 bits per heavy atom. The predicted molar refractivity (Wildman–Crippen MR) is 86.4 cm³/mol. The highest BCUT2D eigenvalue weighted by Gasteiger charge is 2.28. The topological polar surface area (TPSA) is 57.7 Å². The van der Waals surface area contributed by atoms with Gasteiger partial charge in [0.15, 0.2) is 9.84 Å². The van der Waals surface area contributed by atoms with Gasteiger partial charge in [0.2, 0.25) is 5.91 Å². The molecule has 1 aromatic carbocycles. The first-order valence-electron chi connectivity index (χ1n) is 7.76. The second-order valence-corrected chi connectivity index (χ2v) is 8.42. The van der Waals surface area contributed by atoms with Crippen molar-refractivity contribution in [2.24, 2.45) is 0 Å². The molecule has 23 heavy (non-hydrogen) atoms. The summed E-state index contributed by atoms with van der Waals surface area (Å²) < 4.78 is 37.9. The molecule has 0 aromatic heterocycles. The molecule has 2 rings (SSSR count). The SMILES string of the molecule is CC(CC(=O)N1CCCN(C)CC1)S(=O)(=O)c1ccc(F)cc1. The monoisotopic (exact) mass is 342 g/mol. The fourth-order valence-electron chi connectivity index (χ4n) is 2.64. The maximum atomic E-state index is 12.9. The van der Waals surface area contributed by atoms with Crippen LogP contribution in [0, 0.1) is 5.82 Å². The van der Waals surface area contributed by atoms with Crippen LogP contribution in [0.5, 0.6) is 0 Å². The van der Waals surface area contributed by atoms with E-state index in [1.54, 1.807) is 4.90 Å². The second-order valence-electron chi connectivity index (χ2n) is 6.05. The Hall–Kier alpha value is -1.47. The maximum Gasteiger partial charge on any atom is 0.223 e. The van der Waals surface area contributed by atoms with Crippen LogP contribution in [0.25, 0.3) is 0 Å². The summed E-state index contributed by atoms with van der Waals surface area (Å²) in [6.45, 7) is 4.55. The number of carbonyl (C=O) groups is 1. The van der Waals surface area contributed by atoms with Gasteiger partial charge in [0, 0.05) is 26.1 Å². The summed E-state index contributed by atoms with van der Waals surface area (Å²) in [7, 11) is -1.62. The van der Waals surface area contributed by atoms with Crippen molar-refractivity contribution in [3.63, 3.8) is 0 Å². The fraction of sp³-hybridized carbons (Fsp3) is 0.562. The van der Waals surface area contributed by atoms with Gasteiger partial charge in [-0.3, -0.25) is 4.79 Å². The number of halogens is 1. The smallest absolute Gasteiger partial charge is 0.223 e. The van der Waals surface area contributed by atoms with Crippen LogP contribution < -0.4 is 0 Å². The third-order valence-electron chi connectivity index (χ3n) is 4.21. The highest BCUT2D eigenvalue weighted by atomic mass is 32.2. The highest BCUT2D eigenvalue weighted by molar-refractivity contribution is 7.92. The molecule has 1 unspecified atom stereocenters. The van der Waals surface area contributed by atoms with Crippen molar-refractivity contribution >= 4 is 15.7 Å². The van der Waals surface area contributed by atoms with Crippen LogP contribution in [0.2, 0.25) is 0 Å². The summed E-state index contributed by atoms with van der Waals surface area (Å²) in [6.07, 6.45) is 0.838. The molecule has 1 saturated heterocycles. The quantitative estimate of drug-likeness (QED) is 0.779. The van der Waals surface area contributed by atoms with Gasteiger partial charge < -0.3 is 9.80 Å². The molecule has 0 spiro atoms. The minimum absolute atomic E-state index is 0.0507. The molecule has 1 amide bonds. The van der Waals surface area contributed by atoms with Crippen LogP contribution in [-0.4, -0.2) is 62.6 Å². The van der Waals surface area contributed by atoms with Crippen molar-refractivity contribution in [2.45, 2.75) is 29.9 Å². The van der Waals surface area contributed by atoms with Crippen molar-refractivity contribution in [2.75, 3.05) is 33.2 Å². The molecule has 0 radical (unpaired) electrons. The number of rotatable bonds is 4. The van der Waals surface area contributed by atoms with Gasteiger partial charge in [-0.2, -0.15) is 0 Å². The number of nitrogens with zero attached hydrogens (tertiary/aromatic N) is 2. The molecular weight excluding hydrogens is 319 g/mol. The Morgan fingerprint density at radius 3 is 2.48 bits per heavy atom. The average molecular weight is 342 g/mol. The Labute approximate surface area is 137 Å². The summed E-state index contributed by atoms with van der Waals surface area (Å²) in [5, 5.41) is -0.832. The van der Waals surface area contributed by atoms with E-state index < -0.39 is 20.9 Å². The highest BCUT2D eigenvalue weighted by Crippen LogP contribution is 2.19. The van der Waals surface area contributed by atoms with Crippen molar-refractivity contribution in [1.29, 1.82) is 0 Å². The van der Waals surface area contributed by atoms with Gasteiger partial charge in [-0.05, 0) is 51.2 Å². The summed E-state index contributed by atoms with van der Waals surface area (Å²) in [4.78, 5) is 16.3. The lowest BCUT2D eigenvalue weighted by Crippen LogP contribution is -2.37. The van der Waals surface area contributed by atoms with Crippen LogP contribution in [0.1, 0.15) is 19.8 Å². The molecule has 128 valence electrons. The number of benzene rings is 1. The molecule has 1 atom stereocenters. The van der Waals surface area contributed by atoms with Gasteiger partial charge in [0.05, 0.1) is 10.1 Å². The molecule has 0 bridgehead atoms. The second kappa shape index (κ2) is 7.40. The number of hydrogen-bond acceptors (Lipinski definition) is 4. The van der Waals surface area contributed by atoms with Crippen molar-refractivity contribution in [1.82, 2.24) is 9.80 Å². The lowest BCUT2D eigenvalue weighted by atomic mass is 10.3. The fourth-order valence-corrected chi connectivity index (χ4v) is 3.98. The van der Waals surface area contributed by atoms with Crippen LogP contribution in [0.4, 0.5) is 4.39 Å². The Morgan fingerprint density at radius 1 is 1.17 bits per heavy atom. The van der Waals surface area contributed by atoms with Crippen molar-refractivity contribution < 1.29 is 17.6 Å². The minimum atomic E-state index is -3.63. The van der Waals surface area contributed by atoms with Crippen LogP contribution in [0.15, 0.2) is 29.2 Å². The first-order chi connectivity index (χ1) is 10.8. The summed E-state index contributed by atoms with van der Waals surface area (Å²) >= 11 is 0. The lowest BCUT2D eigenvalue weighted by molar-refractivity contribution is -0.131. The number of amides is 1. The summed E-state index contributed by atoms with van der Waals surface area (Å²) in [6, 6.07) is 4.72. The van der Waals surface area contributed by atoms with Crippen LogP contribution in [-0.2, 0) is 14.6 Å². The molecule has 1 heterocycles. The van der Waals surface area contributed by atoms with Crippen molar-refractivity contribution in [3.05, 3.63) is 30.1 Å². The van der Waals surface area contributed by atoms with Crippen molar-refractivity contribution in [3.8, 4) is 0 Å². The Bertz CT molecular complexity index is 646. The number of carbonyl (C=O) groups excluding carboxylic acids is 1. The van der Waals surface area contributed by atoms with Crippen LogP contribution >= 0.6 is 0 Å². The van der Waals surface area contributed by atoms with Gasteiger partial charge >= 0.3 is 0 Å². The zero-order chi connectivity index (χ0) is 17.0. The largest absolute Gasteiger partial charge is 0.341 e. The van der Waals surface area contributed by atoms with Gasteiger partial charge in [-0.15, -0.1) is 0 Å². The minimum Gasteiger partial charge on any atom is -0.341 e. The summed E-state index contributed by atoms with van der Waals surface area (Å²) in [5.74, 6) is -0.625. The molecule has 5 nitrogen and oxygen atoms in total. The molecule has 0 N–H and O–H groups in total. The number of likely N-dealkylation sites (N-methyl/N-ethyl adjacent to an activating group) is 1. The molecule has 1 aromatic rings. The third-order valence-corrected chi connectivity index (χ3v) is 6.36. The normalized spacial score (nSPS) is 18.5. The number of hydrogen-bond donors (Lipinski definition) is 0.